The molecule has 2 rings (SSSR count). The van der Waals surface area contributed by atoms with Gasteiger partial charge in [-0.15, -0.1) is 0 Å². The molecule has 14 heavy (non-hydrogen) atoms. The van der Waals surface area contributed by atoms with Gasteiger partial charge in [-0.1, -0.05) is 23.8 Å². The summed E-state index contributed by atoms with van der Waals surface area (Å²) in [6.07, 6.45) is 5.01. The first-order chi connectivity index (χ1) is 6.79. The molecule has 1 aromatic carbocycles. The lowest BCUT2D eigenvalue weighted by Gasteiger charge is -2.24. The van der Waals surface area contributed by atoms with Crippen LogP contribution in [0.15, 0.2) is 18.2 Å². The van der Waals surface area contributed by atoms with E-state index in [1.165, 1.54) is 31.2 Å². The van der Waals surface area contributed by atoms with Crippen LogP contribution in [0.3, 0.4) is 0 Å². The Balaban J connectivity index is 2.15. The molecule has 1 aliphatic carbocycles. The molecule has 0 spiro atoms. The first-order valence-corrected chi connectivity index (χ1v) is 5.58. The molecule has 1 unspecified atom stereocenters. The first kappa shape index (κ1) is 9.72. The van der Waals surface area contributed by atoms with Crippen LogP contribution in [0.1, 0.15) is 29.5 Å². The van der Waals surface area contributed by atoms with Crippen LogP contribution < -0.4 is 5.73 Å². The molecule has 0 radical (unpaired) electrons. The van der Waals surface area contributed by atoms with Gasteiger partial charge in [0, 0.05) is 0 Å². The van der Waals surface area contributed by atoms with Crippen LogP contribution in [0.4, 0.5) is 0 Å². The summed E-state index contributed by atoms with van der Waals surface area (Å²) >= 11 is 0. The molecule has 2 N–H and O–H groups in total. The lowest BCUT2D eigenvalue weighted by molar-refractivity contribution is 0.433. The van der Waals surface area contributed by atoms with Gasteiger partial charge in [0.05, 0.1) is 0 Å². The molecule has 1 aromatic rings. The predicted octanol–water partition coefficient (Wildman–Crippen LogP) is 2.45. The van der Waals surface area contributed by atoms with Crippen LogP contribution in [0, 0.1) is 12.8 Å². The van der Waals surface area contributed by atoms with E-state index < -0.39 is 0 Å². The monoisotopic (exact) mass is 189 g/mol. The van der Waals surface area contributed by atoms with Crippen molar-refractivity contribution in [2.24, 2.45) is 11.7 Å². The Morgan fingerprint density at radius 2 is 2.21 bits per heavy atom. The largest absolute Gasteiger partial charge is 0.330 e. The fraction of sp³-hybridized carbons (Fsp3) is 0.538. The third-order valence-corrected chi connectivity index (χ3v) is 3.27. The van der Waals surface area contributed by atoms with E-state index in [9.17, 15) is 0 Å². The van der Waals surface area contributed by atoms with Crippen LogP contribution in [0.5, 0.6) is 0 Å². The molecule has 0 heterocycles. The van der Waals surface area contributed by atoms with Crippen molar-refractivity contribution in [2.75, 3.05) is 6.54 Å². The number of hydrogen-bond donors (Lipinski definition) is 1. The van der Waals surface area contributed by atoms with Crippen LogP contribution in [-0.4, -0.2) is 6.54 Å². The average molecular weight is 189 g/mol. The Morgan fingerprint density at radius 3 is 3.00 bits per heavy atom. The molecule has 1 aliphatic rings. The zero-order valence-corrected chi connectivity index (χ0v) is 8.92. The smallest absolute Gasteiger partial charge is 0.00745 e. The van der Waals surface area contributed by atoms with Gasteiger partial charge in [-0.25, -0.2) is 0 Å². The Hall–Kier alpha value is -0.820. The Bertz CT molecular complexity index is 317. The van der Waals surface area contributed by atoms with E-state index >= 15 is 0 Å². The highest BCUT2D eigenvalue weighted by molar-refractivity contribution is 5.33. The third-order valence-electron chi connectivity index (χ3n) is 3.27. The zero-order chi connectivity index (χ0) is 9.97. The second-order valence-electron chi connectivity index (χ2n) is 4.46. The van der Waals surface area contributed by atoms with E-state index in [0.29, 0.717) is 0 Å². The molecule has 0 aliphatic heterocycles. The normalized spacial score (nSPS) is 20.6. The van der Waals surface area contributed by atoms with Gasteiger partial charge in [0.1, 0.15) is 0 Å². The van der Waals surface area contributed by atoms with E-state index in [0.717, 1.165) is 12.5 Å². The molecule has 0 aromatic heterocycles. The molecule has 0 saturated carbocycles. The van der Waals surface area contributed by atoms with Gasteiger partial charge in [0.25, 0.3) is 0 Å². The summed E-state index contributed by atoms with van der Waals surface area (Å²) in [6, 6.07) is 6.87. The number of aryl methyl sites for hydroxylation is 2. The van der Waals surface area contributed by atoms with Crippen molar-refractivity contribution >= 4 is 0 Å². The summed E-state index contributed by atoms with van der Waals surface area (Å²) in [6.45, 7) is 3.01. The van der Waals surface area contributed by atoms with Crippen molar-refractivity contribution < 1.29 is 0 Å². The minimum absolute atomic E-state index is 0.829. The standard InChI is InChI=1S/C13H19N/c1-10-2-4-13-9-11(6-7-14)3-5-12(13)8-10/h2,4,8,11H,3,5-7,9,14H2,1H3. The van der Waals surface area contributed by atoms with Crippen LogP contribution in [-0.2, 0) is 12.8 Å². The maximum atomic E-state index is 5.60. The van der Waals surface area contributed by atoms with Gasteiger partial charge in [0.15, 0.2) is 0 Å². The number of hydrogen-bond acceptors (Lipinski definition) is 1. The predicted molar refractivity (Wildman–Crippen MR) is 60.4 cm³/mol. The van der Waals surface area contributed by atoms with Crippen LogP contribution in [0.2, 0.25) is 0 Å². The van der Waals surface area contributed by atoms with Crippen LogP contribution >= 0.6 is 0 Å². The maximum absolute atomic E-state index is 5.60. The summed E-state index contributed by atoms with van der Waals surface area (Å²) in [4.78, 5) is 0. The topological polar surface area (TPSA) is 26.0 Å². The summed E-state index contributed by atoms with van der Waals surface area (Å²) in [5.74, 6) is 0.829. The molecule has 0 fully saturated rings. The van der Waals surface area contributed by atoms with Gasteiger partial charge in [0.2, 0.25) is 0 Å². The first-order valence-electron chi connectivity index (χ1n) is 5.58. The van der Waals surface area contributed by atoms with Gasteiger partial charge >= 0.3 is 0 Å². The molecular weight excluding hydrogens is 170 g/mol. The van der Waals surface area contributed by atoms with Gasteiger partial charge < -0.3 is 5.73 Å². The maximum Gasteiger partial charge on any atom is -0.00745 e. The van der Waals surface area contributed by atoms with E-state index in [2.05, 4.69) is 25.1 Å². The second-order valence-corrected chi connectivity index (χ2v) is 4.46. The van der Waals surface area contributed by atoms with Gasteiger partial charge in [-0.05, 0) is 56.2 Å². The Morgan fingerprint density at radius 1 is 1.36 bits per heavy atom. The van der Waals surface area contributed by atoms with E-state index in [1.54, 1.807) is 11.1 Å². The molecule has 1 heteroatoms. The molecule has 0 amide bonds. The molecule has 0 bridgehead atoms. The fourth-order valence-corrected chi connectivity index (χ4v) is 2.44. The summed E-state index contributed by atoms with van der Waals surface area (Å²) in [5.41, 5.74) is 10.1. The molecule has 1 nitrogen and oxygen atoms in total. The van der Waals surface area contributed by atoms with Crippen molar-refractivity contribution in [3.63, 3.8) is 0 Å². The van der Waals surface area contributed by atoms with E-state index in [-0.39, 0.29) is 0 Å². The lowest BCUT2D eigenvalue weighted by atomic mass is 9.82. The van der Waals surface area contributed by atoms with Crippen molar-refractivity contribution in [2.45, 2.75) is 32.6 Å². The molecule has 0 saturated heterocycles. The van der Waals surface area contributed by atoms with Crippen molar-refractivity contribution in [3.8, 4) is 0 Å². The van der Waals surface area contributed by atoms with E-state index in [1.807, 2.05) is 0 Å². The number of fused-ring (bicyclic) bond motifs is 1. The minimum Gasteiger partial charge on any atom is -0.330 e. The molecule has 1 atom stereocenters. The van der Waals surface area contributed by atoms with E-state index in [4.69, 9.17) is 5.73 Å². The third kappa shape index (κ3) is 1.98. The summed E-state index contributed by atoms with van der Waals surface area (Å²) in [5, 5.41) is 0. The number of benzene rings is 1. The highest BCUT2D eigenvalue weighted by atomic mass is 14.5. The van der Waals surface area contributed by atoms with Crippen molar-refractivity contribution in [3.05, 3.63) is 34.9 Å². The molecule has 76 valence electrons. The quantitative estimate of drug-likeness (QED) is 0.760. The Kier molecular flexibility index (Phi) is 2.87. The summed E-state index contributed by atoms with van der Waals surface area (Å²) < 4.78 is 0. The summed E-state index contributed by atoms with van der Waals surface area (Å²) in [7, 11) is 0. The number of nitrogens with two attached hydrogens (primary N) is 1. The Labute approximate surface area is 86.3 Å². The highest BCUT2D eigenvalue weighted by Crippen LogP contribution is 2.27. The zero-order valence-electron chi connectivity index (χ0n) is 8.92. The minimum atomic E-state index is 0.829. The average Bonchev–Trinajstić information content (AvgIpc) is 2.19. The SMILES string of the molecule is Cc1ccc2c(c1)CCC(CCN)C2. The lowest BCUT2D eigenvalue weighted by Crippen LogP contribution is -2.17. The fourth-order valence-electron chi connectivity index (χ4n) is 2.44. The van der Waals surface area contributed by atoms with Gasteiger partial charge in [-0.2, -0.15) is 0 Å². The van der Waals surface area contributed by atoms with Crippen molar-refractivity contribution in [1.82, 2.24) is 0 Å². The van der Waals surface area contributed by atoms with Crippen molar-refractivity contribution in [1.29, 1.82) is 0 Å². The number of rotatable bonds is 2. The second kappa shape index (κ2) is 4.14. The van der Waals surface area contributed by atoms with Gasteiger partial charge in [-0.3, -0.25) is 0 Å². The van der Waals surface area contributed by atoms with Crippen LogP contribution in [0.25, 0.3) is 0 Å². The highest BCUT2D eigenvalue weighted by Gasteiger charge is 2.17. The molecular formula is C13H19N.